The van der Waals surface area contributed by atoms with E-state index in [2.05, 4.69) is 21.6 Å². The molecule has 0 bridgehead atoms. The highest BCUT2D eigenvalue weighted by Crippen LogP contribution is 2.17. The molecule has 1 saturated heterocycles. The highest BCUT2D eigenvalue weighted by Gasteiger charge is 2.16. The summed E-state index contributed by atoms with van der Waals surface area (Å²) >= 11 is 0. The number of benzene rings is 2. The van der Waals surface area contributed by atoms with Crippen molar-refractivity contribution in [2.24, 2.45) is 0 Å². The molecule has 1 aliphatic heterocycles. The van der Waals surface area contributed by atoms with Crippen LogP contribution in [0.2, 0.25) is 0 Å². The summed E-state index contributed by atoms with van der Waals surface area (Å²) in [5, 5.41) is 5.62. The third-order valence-corrected chi connectivity index (χ3v) is 5.40. The van der Waals surface area contributed by atoms with Gasteiger partial charge in [-0.2, -0.15) is 0 Å². The van der Waals surface area contributed by atoms with E-state index in [4.69, 9.17) is 4.42 Å². The van der Waals surface area contributed by atoms with E-state index in [0.29, 0.717) is 17.0 Å². The average Bonchev–Trinajstić information content (AvgIpc) is 3.33. The van der Waals surface area contributed by atoms with Gasteiger partial charge in [0.2, 0.25) is 0 Å². The maximum Gasteiger partial charge on any atom is 0.272 e. The van der Waals surface area contributed by atoms with Crippen LogP contribution in [0.1, 0.15) is 40.9 Å². The standard InChI is InChI=1S/C26H27N3O3/c30-25(21-10-3-1-4-11-21)28-24(18-23-13-8-16-32-23)26(31)27-22-12-7-9-20(17-22)19-29-14-5-2-6-15-29/h1,3-4,7-13,16-18H,2,5-6,14-15,19H2,(H,27,31)(H,28,30)/b24-18-. The Kier molecular flexibility index (Phi) is 7.15. The van der Waals surface area contributed by atoms with Gasteiger partial charge in [-0.25, -0.2) is 0 Å². The zero-order chi connectivity index (χ0) is 22.2. The Hall–Kier alpha value is -3.64. The first-order chi connectivity index (χ1) is 15.7. The predicted octanol–water partition coefficient (Wildman–Crippen LogP) is 4.68. The molecule has 2 N–H and O–H groups in total. The van der Waals surface area contributed by atoms with E-state index in [0.717, 1.165) is 25.2 Å². The molecule has 2 amide bonds. The van der Waals surface area contributed by atoms with Crippen LogP contribution in [-0.2, 0) is 11.3 Å². The molecule has 164 valence electrons. The quantitative estimate of drug-likeness (QED) is 0.535. The fourth-order valence-corrected chi connectivity index (χ4v) is 3.78. The van der Waals surface area contributed by atoms with Crippen molar-refractivity contribution in [2.75, 3.05) is 18.4 Å². The number of carbonyl (C=O) groups excluding carboxylic acids is 2. The number of rotatable bonds is 7. The fourth-order valence-electron chi connectivity index (χ4n) is 3.78. The van der Waals surface area contributed by atoms with Crippen LogP contribution >= 0.6 is 0 Å². The minimum absolute atomic E-state index is 0.107. The summed E-state index contributed by atoms with van der Waals surface area (Å²) in [6.07, 6.45) is 6.81. The van der Waals surface area contributed by atoms with Crippen LogP contribution < -0.4 is 10.6 Å². The van der Waals surface area contributed by atoms with Crippen LogP contribution in [0.25, 0.3) is 6.08 Å². The Morgan fingerprint density at radius 3 is 2.50 bits per heavy atom. The largest absolute Gasteiger partial charge is 0.465 e. The highest BCUT2D eigenvalue weighted by atomic mass is 16.3. The van der Waals surface area contributed by atoms with Crippen LogP contribution in [0.4, 0.5) is 5.69 Å². The second-order valence-electron chi connectivity index (χ2n) is 7.88. The van der Waals surface area contributed by atoms with Gasteiger partial charge in [-0.05, 0) is 67.9 Å². The molecule has 2 aromatic carbocycles. The van der Waals surface area contributed by atoms with E-state index in [1.807, 2.05) is 24.3 Å². The summed E-state index contributed by atoms with van der Waals surface area (Å²) in [5.41, 5.74) is 2.41. The first-order valence-corrected chi connectivity index (χ1v) is 10.9. The number of nitrogens with zero attached hydrogens (tertiary/aromatic N) is 1. The Labute approximate surface area is 187 Å². The molecule has 6 heteroatoms. The molecule has 0 unspecified atom stereocenters. The molecule has 2 heterocycles. The lowest BCUT2D eigenvalue weighted by Crippen LogP contribution is -2.31. The van der Waals surface area contributed by atoms with E-state index in [9.17, 15) is 9.59 Å². The molecule has 1 aliphatic rings. The summed E-state index contributed by atoms with van der Waals surface area (Å²) in [5.74, 6) is -0.305. The second kappa shape index (κ2) is 10.6. The smallest absolute Gasteiger partial charge is 0.272 e. The number of carbonyl (C=O) groups is 2. The molecule has 0 spiro atoms. The molecule has 1 fully saturated rings. The van der Waals surface area contributed by atoms with E-state index in [-0.39, 0.29) is 11.6 Å². The fraction of sp³-hybridized carbons (Fsp3) is 0.231. The maximum absolute atomic E-state index is 13.1. The number of hydrogen-bond acceptors (Lipinski definition) is 4. The van der Waals surface area contributed by atoms with E-state index in [1.165, 1.54) is 31.6 Å². The third-order valence-electron chi connectivity index (χ3n) is 5.40. The third kappa shape index (κ3) is 5.95. The monoisotopic (exact) mass is 429 g/mol. The topological polar surface area (TPSA) is 74.6 Å². The van der Waals surface area contributed by atoms with E-state index < -0.39 is 5.91 Å². The number of likely N-dealkylation sites (tertiary alicyclic amines) is 1. The lowest BCUT2D eigenvalue weighted by Gasteiger charge is -2.26. The van der Waals surface area contributed by atoms with Crippen LogP contribution in [0.15, 0.2) is 83.1 Å². The van der Waals surface area contributed by atoms with Crippen molar-refractivity contribution in [3.8, 4) is 0 Å². The predicted molar refractivity (Wildman–Crippen MR) is 125 cm³/mol. The Morgan fingerprint density at radius 1 is 0.938 bits per heavy atom. The van der Waals surface area contributed by atoms with Gasteiger partial charge in [0, 0.05) is 23.9 Å². The summed E-state index contributed by atoms with van der Waals surface area (Å²) in [6, 6.07) is 20.1. The molecule has 0 atom stereocenters. The first-order valence-electron chi connectivity index (χ1n) is 10.9. The van der Waals surface area contributed by atoms with Gasteiger partial charge in [-0.1, -0.05) is 36.8 Å². The van der Waals surface area contributed by atoms with Crippen LogP contribution in [0.5, 0.6) is 0 Å². The Bertz CT molecular complexity index is 1070. The zero-order valence-electron chi connectivity index (χ0n) is 17.9. The molecule has 32 heavy (non-hydrogen) atoms. The van der Waals surface area contributed by atoms with Gasteiger partial charge < -0.3 is 15.1 Å². The number of hydrogen-bond donors (Lipinski definition) is 2. The normalized spacial score (nSPS) is 14.7. The van der Waals surface area contributed by atoms with Crippen molar-refractivity contribution in [2.45, 2.75) is 25.8 Å². The van der Waals surface area contributed by atoms with Gasteiger partial charge >= 0.3 is 0 Å². The molecule has 0 radical (unpaired) electrons. The van der Waals surface area contributed by atoms with Gasteiger partial charge in [-0.15, -0.1) is 0 Å². The van der Waals surface area contributed by atoms with Gasteiger partial charge in [0.05, 0.1) is 6.26 Å². The SMILES string of the molecule is O=C(Nc1cccc(CN2CCCCC2)c1)/C(=C/c1ccco1)NC(=O)c1ccccc1. The van der Waals surface area contributed by atoms with Crippen LogP contribution in [0, 0.1) is 0 Å². The lowest BCUT2D eigenvalue weighted by molar-refractivity contribution is -0.113. The van der Waals surface area contributed by atoms with Crippen molar-refractivity contribution < 1.29 is 14.0 Å². The molecule has 6 nitrogen and oxygen atoms in total. The minimum Gasteiger partial charge on any atom is -0.465 e. The first kappa shape index (κ1) is 21.6. The molecular weight excluding hydrogens is 402 g/mol. The molecule has 4 rings (SSSR count). The van der Waals surface area contributed by atoms with Crippen molar-refractivity contribution in [3.05, 3.63) is 95.6 Å². The second-order valence-corrected chi connectivity index (χ2v) is 7.88. The summed E-state index contributed by atoms with van der Waals surface area (Å²) in [6.45, 7) is 3.08. The average molecular weight is 430 g/mol. The van der Waals surface area contributed by atoms with Gasteiger partial charge in [0.1, 0.15) is 11.5 Å². The number of amides is 2. The summed E-state index contributed by atoms with van der Waals surface area (Å²) in [4.78, 5) is 28.1. The van der Waals surface area contributed by atoms with Crippen molar-refractivity contribution in [1.82, 2.24) is 10.2 Å². The van der Waals surface area contributed by atoms with Gasteiger partial charge in [-0.3, -0.25) is 14.5 Å². The number of furan rings is 1. The minimum atomic E-state index is -0.416. The van der Waals surface area contributed by atoms with Crippen molar-refractivity contribution in [3.63, 3.8) is 0 Å². The summed E-state index contributed by atoms with van der Waals surface area (Å²) in [7, 11) is 0. The van der Waals surface area contributed by atoms with Crippen molar-refractivity contribution >= 4 is 23.6 Å². The van der Waals surface area contributed by atoms with E-state index >= 15 is 0 Å². The molecule has 0 saturated carbocycles. The van der Waals surface area contributed by atoms with Gasteiger partial charge in [0.15, 0.2) is 0 Å². The highest BCUT2D eigenvalue weighted by molar-refractivity contribution is 6.10. The number of nitrogens with one attached hydrogen (secondary N) is 2. The van der Waals surface area contributed by atoms with Gasteiger partial charge in [0.25, 0.3) is 11.8 Å². The maximum atomic E-state index is 13.1. The van der Waals surface area contributed by atoms with Crippen LogP contribution in [0.3, 0.4) is 0 Å². The molecule has 3 aromatic rings. The number of anilines is 1. The zero-order valence-corrected chi connectivity index (χ0v) is 17.9. The Balaban J connectivity index is 1.48. The number of piperidine rings is 1. The lowest BCUT2D eigenvalue weighted by atomic mass is 10.1. The van der Waals surface area contributed by atoms with Crippen LogP contribution in [-0.4, -0.2) is 29.8 Å². The summed E-state index contributed by atoms with van der Waals surface area (Å²) < 4.78 is 5.34. The van der Waals surface area contributed by atoms with Crippen molar-refractivity contribution in [1.29, 1.82) is 0 Å². The Morgan fingerprint density at radius 2 is 1.75 bits per heavy atom. The molecular formula is C26H27N3O3. The molecule has 1 aromatic heterocycles. The van der Waals surface area contributed by atoms with E-state index in [1.54, 1.807) is 36.4 Å². The molecule has 0 aliphatic carbocycles.